The quantitative estimate of drug-likeness (QED) is 0.349. The van der Waals surface area contributed by atoms with Crippen molar-refractivity contribution in [1.82, 2.24) is 0 Å². The fourth-order valence-corrected chi connectivity index (χ4v) is 5.16. The highest BCUT2D eigenvalue weighted by atomic mass is 14.5. The fourth-order valence-electron chi connectivity index (χ4n) is 5.16. The molecule has 0 fully saturated rings. The zero-order chi connectivity index (χ0) is 19.5. The Bertz CT molecular complexity index is 425. The Morgan fingerprint density at radius 3 is 1.84 bits per heavy atom. The van der Waals surface area contributed by atoms with Crippen LogP contribution in [0.5, 0.6) is 0 Å². The maximum Gasteiger partial charge on any atom is -0.0137 e. The third-order valence-electron chi connectivity index (χ3n) is 8.48. The van der Waals surface area contributed by atoms with Gasteiger partial charge in [0, 0.05) is 0 Å². The van der Waals surface area contributed by atoms with E-state index < -0.39 is 0 Å². The number of hydrogen-bond donors (Lipinski definition) is 0. The first-order chi connectivity index (χ1) is 11.5. The lowest BCUT2D eigenvalue weighted by Crippen LogP contribution is -2.43. The topological polar surface area (TPSA) is 0 Å². The summed E-state index contributed by atoms with van der Waals surface area (Å²) in [5.41, 5.74) is 2.20. The van der Waals surface area contributed by atoms with Crippen molar-refractivity contribution < 1.29 is 0 Å². The van der Waals surface area contributed by atoms with Crippen molar-refractivity contribution in [3.63, 3.8) is 0 Å². The van der Waals surface area contributed by atoms with Gasteiger partial charge in [-0.1, -0.05) is 94.2 Å². The SMILES string of the molecule is CCC(C)C(C)C1CC=C1C(CC)C(C(C)C(C)C)C(C)(C)C(C)C. The van der Waals surface area contributed by atoms with Crippen LogP contribution in [0.3, 0.4) is 0 Å². The molecule has 6 atom stereocenters. The molecule has 25 heavy (non-hydrogen) atoms. The second kappa shape index (κ2) is 9.09. The predicted molar refractivity (Wildman–Crippen MR) is 115 cm³/mol. The van der Waals surface area contributed by atoms with Crippen molar-refractivity contribution in [2.45, 2.75) is 95.4 Å². The summed E-state index contributed by atoms with van der Waals surface area (Å²) in [7, 11) is 0. The van der Waals surface area contributed by atoms with Gasteiger partial charge in [-0.2, -0.15) is 0 Å². The van der Waals surface area contributed by atoms with Crippen LogP contribution in [0, 0.1) is 52.8 Å². The first kappa shape index (κ1) is 22.8. The van der Waals surface area contributed by atoms with E-state index in [0.29, 0.717) is 5.41 Å². The van der Waals surface area contributed by atoms with Crippen LogP contribution in [0.4, 0.5) is 0 Å². The van der Waals surface area contributed by atoms with Crippen molar-refractivity contribution in [2.24, 2.45) is 52.8 Å². The van der Waals surface area contributed by atoms with E-state index in [1.807, 2.05) is 5.57 Å². The molecule has 0 amide bonds. The van der Waals surface area contributed by atoms with E-state index in [9.17, 15) is 0 Å². The van der Waals surface area contributed by atoms with Crippen LogP contribution in [0.15, 0.2) is 11.6 Å². The first-order valence-corrected chi connectivity index (χ1v) is 11.2. The lowest BCUT2D eigenvalue weighted by molar-refractivity contribution is 0.0246. The number of allylic oxidation sites excluding steroid dienone is 2. The summed E-state index contributed by atoms with van der Waals surface area (Å²) in [5.74, 6) is 6.28. The van der Waals surface area contributed by atoms with Crippen molar-refractivity contribution in [3.05, 3.63) is 11.6 Å². The molecule has 0 saturated carbocycles. The van der Waals surface area contributed by atoms with E-state index in [-0.39, 0.29) is 0 Å². The van der Waals surface area contributed by atoms with Crippen molar-refractivity contribution >= 4 is 0 Å². The molecule has 0 saturated heterocycles. The molecule has 0 spiro atoms. The van der Waals surface area contributed by atoms with Gasteiger partial charge in [0.25, 0.3) is 0 Å². The Balaban J connectivity index is 3.18. The van der Waals surface area contributed by atoms with Gasteiger partial charge in [-0.25, -0.2) is 0 Å². The molecule has 0 heteroatoms. The minimum absolute atomic E-state index is 0.380. The van der Waals surface area contributed by atoms with Crippen LogP contribution in [-0.2, 0) is 0 Å². The summed E-state index contributed by atoms with van der Waals surface area (Å²) in [4.78, 5) is 0. The van der Waals surface area contributed by atoms with Crippen LogP contribution >= 0.6 is 0 Å². The number of rotatable bonds is 10. The van der Waals surface area contributed by atoms with Crippen molar-refractivity contribution in [1.29, 1.82) is 0 Å². The molecule has 0 aromatic carbocycles. The van der Waals surface area contributed by atoms with Crippen LogP contribution < -0.4 is 0 Å². The average Bonchev–Trinajstić information content (AvgIpc) is 2.51. The molecule has 0 nitrogen and oxygen atoms in total. The standard InChI is InChI=1S/C25H48/c1-12-18(7)20(9)22-14-15-23(22)21(13-2)24(19(8)16(3)4)25(10,11)17(5)6/h15-22,24H,12-14H2,1-11H3. The van der Waals surface area contributed by atoms with Gasteiger partial charge in [0.15, 0.2) is 0 Å². The van der Waals surface area contributed by atoms with Crippen LogP contribution in [-0.4, -0.2) is 0 Å². The average molecular weight is 349 g/mol. The van der Waals surface area contributed by atoms with Crippen molar-refractivity contribution in [3.8, 4) is 0 Å². The van der Waals surface area contributed by atoms with Gasteiger partial charge < -0.3 is 0 Å². The van der Waals surface area contributed by atoms with Gasteiger partial charge >= 0.3 is 0 Å². The highest BCUT2D eigenvalue weighted by molar-refractivity contribution is 5.24. The summed E-state index contributed by atoms with van der Waals surface area (Å²) in [6.45, 7) is 27.1. The molecular weight excluding hydrogens is 300 g/mol. The summed E-state index contributed by atoms with van der Waals surface area (Å²) in [5, 5.41) is 0. The molecule has 1 rings (SSSR count). The molecule has 0 heterocycles. The molecule has 1 aliphatic rings. The van der Waals surface area contributed by atoms with Crippen molar-refractivity contribution in [2.75, 3.05) is 0 Å². The van der Waals surface area contributed by atoms with Crippen LogP contribution in [0.2, 0.25) is 0 Å². The van der Waals surface area contributed by atoms with E-state index in [1.165, 1.54) is 19.3 Å². The zero-order valence-electron chi connectivity index (χ0n) is 19.3. The highest BCUT2D eigenvalue weighted by Gasteiger charge is 2.45. The molecule has 6 unspecified atom stereocenters. The van der Waals surface area contributed by atoms with Crippen LogP contribution in [0.1, 0.15) is 95.4 Å². The Labute approximate surface area is 160 Å². The molecule has 1 aliphatic carbocycles. The normalized spacial score (nSPS) is 24.5. The monoisotopic (exact) mass is 348 g/mol. The third kappa shape index (κ3) is 4.72. The largest absolute Gasteiger partial charge is 0.0841 e. The Hall–Kier alpha value is -0.260. The molecular formula is C25H48. The smallest absolute Gasteiger partial charge is 0.0137 e. The van der Waals surface area contributed by atoms with Gasteiger partial charge in [-0.3, -0.25) is 0 Å². The Kier molecular flexibility index (Phi) is 8.29. The Morgan fingerprint density at radius 1 is 0.960 bits per heavy atom. The lowest BCUT2D eigenvalue weighted by atomic mass is 9.54. The van der Waals surface area contributed by atoms with E-state index in [1.54, 1.807) is 0 Å². The van der Waals surface area contributed by atoms with E-state index in [4.69, 9.17) is 0 Å². The van der Waals surface area contributed by atoms with Crippen LogP contribution in [0.25, 0.3) is 0 Å². The molecule has 0 radical (unpaired) electrons. The minimum atomic E-state index is 0.380. The van der Waals surface area contributed by atoms with Gasteiger partial charge in [0.05, 0.1) is 0 Å². The van der Waals surface area contributed by atoms with Gasteiger partial charge in [0.1, 0.15) is 0 Å². The summed E-state index contributed by atoms with van der Waals surface area (Å²) < 4.78 is 0. The van der Waals surface area contributed by atoms with Gasteiger partial charge in [-0.15, -0.1) is 0 Å². The molecule has 148 valence electrons. The molecule has 0 aliphatic heterocycles. The molecule has 0 bridgehead atoms. The second-order valence-electron chi connectivity index (χ2n) is 10.4. The van der Waals surface area contributed by atoms with E-state index >= 15 is 0 Å². The fraction of sp³-hybridized carbons (Fsp3) is 0.920. The molecule has 0 aromatic rings. The summed E-state index contributed by atoms with van der Waals surface area (Å²) >= 11 is 0. The predicted octanol–water partition coefficient (Wildman–Crippen LogP) is 8.23. The molecule has 0 aromatic heterocycles. The van der Waals surface area contributed by atoms with Gasteiger partial charge in [0.2, 0.25) is 0 Å². The van der Waals surface area contributed by atoms with E-state index in [0.717, 1.165) is 47.3 Å². The second-order valence-corrected chi connectivity index (χ2v) is 10.4. The lowest BCUT2D eigenvalue weighted by Gasteiger charge is -2.51. The maximum atomic E-state index is 2.61. The minimum Gasteiger partial charge on any atom is -0.0841 e. The zero-order valence-corrected chi connectivity index (χ0v) is 19.3. The first-order valence-electron chi connectivity index (χ1n) is 11.2. The summed E-state index contributed by atoms with van der Waals surface area (Å²) in [6, 6.07) is 0. The maximum absolute atomic E-state index is 2.61. The van der Waals surface area contributed by atoms with E-state index in [2.05, 4.69) is 82.2 Å². The van der Waals surface area contributed by atoms with Gasteiger partial charge in [-0.05, 0) is 65.6 Å². The Morgan fingerprint density at radius 2 is 1.52 bits per heavy atom. The number of hydrogen-bond acceptors (Lipinski definition) is 0. The third-order valence-corrected chi connectivity index (χ3v) is 8.48. The highest BCUT2D eigenvalue weighted by Crippen LogP contribution is 2.53. The molecule has 0 N–H and O–H groups in total. The summed E-state index contributed by atoms with van der Waals surface area (Å²) in [6.07, 6.45) is 6.54.